The lowest BCUT2D eigenvalue weighted by atomic mass is 10.5. The number of carboxylic acid groups (broad SMARTS) is 1. The Kier molecular flexibility index (Phi) is 34.7. The van der Waals surface area contributed by atoms with E-state index in [1.54, 1.807) is 0 Å². The van der Waals surface area contributed by atoms with Crippen LogP contribution in [0.2, 0.25) is 0 Å². The van der Waals surface area contributed by atoms with Gasteiger partial charge in [0.1, 0.15) is 6.29 Å². The number of carbonyl (C=O) groups excluding carboxylic acids is 1. The monoisotopic (exact) mass is 181 g/mol. The molecule has 0 radical (unpaired) electrons. The third-order valence-corrected chi connectivity index (χ3v) is 0.549. The molecule has 0 aliphatic rings. The third kappa shape index (κ3) is 87.4. The van der Waals surface area contributed by atoms with E-state index >= 15 is 0 Å². The van der Waals surface area contributed by atoms with Crippen molar-refractivity contribution in [3.05, 3.63) is 0 Å². The molecule has 11 heavy (non-hydrogen) atoms. The Balaban J connectivity index is -0.000000109. The van der Waals surface area contributed by atoms with E-state index in [2.05, 4.69) is 18.4 Å². The number of hydrogen-bond acceptors (Lipinski definition) is 4. The van der Waals surface area contributed by atoms with Crippen LogP contribution in [0.3, 0.4) is 0 Å². The van der Waals surface area contributed by atoms with Gasteiger partial charge in [-0.25, -0.2) is 0 Å². The second-order valence-electron chi connectivity index (χ2n) is 1.10. The minimum Gasteiger partial charge on any atom is -0.481 e. The highest BCUT2D eigenvalue weighted by Gasteiger charge is 1.88. The van der Waals surface area contributed by atoms with E-state index in [0.29, 0.717) is 5.75 Å². The third-order valence-electron chi connectivity index (χ3n) is 0.326. The van der Waals surface area contributed by atoms with Crippen molar-refractivity contribution in [2.75, 3.05) is 12.8 Å². The molecule has 0 aromatic rings. The van der Waals surface area contributed by atoms with Gasteiger partial charge in [0, 0.05) is 5.75 Å². The molecule has 0 aliphatic heterocycles. The zero-order valence-corrected chi connectivity index (χ0v) is 7.67. The van der Waals surface area contributed by atoms with Crippen molar-refractivity contribution < 1.29 is 14.7 Å². The number of aliphatic carboxylic acids is 1. The molecule has 0 heterocycles. The maximum absolute atomic E-state index is 9.55. The van der Waals surface area contributed by atoms with Gasteiger partial charge in [0.05, 0.1) is 6.42 Å². The van der Waals surface area contributed by atoms with E-state index in [1.165, 1.54) is 14.0 Å². The van der Waals surface area contributed by atoms with Crippen molar-refractivity contribution in [3.8, 4) is 0 Å². The van der Waals surface area contributed by atoms with Gasteiger partial charge in [0.25, 0.3) is 0 Å². The summed E-state index contributed by atoms with van der Waals surface area (Å²) in [7, 11) is 1.50. The average molecular weight is 181 g/mol. The summed E-state index contributed by atoms with van der Waals surface area (Å²) in [4.78, 5) is 18.4. The second-order valence-corrected chi connectivity index (χ2v) is 1.55. The van der Waals surface area contributed by atoms with E-state index < -0.39 is 5.97 Å². The van der Waals surface area contributed by atoms with Crippen molar-refractivity contribution in [3.63, 3.8) is 0 Å². The number of thiol groups is 1. The van der Waals surface area contributed by atoms with Crippen molar-refractivity contribution >= 4 is 24.9 Å². The predicted octanol–water partition coefficient (Wildman–Crippen LogP) is 0.171. The highest BCUT2D eigenvalue weighted by atomic mass is 32.1. The van der Waals surface area contributed by atoms with Crippen LogP contribution in [0.4, 0.5) is 0 Å². The predicted molar refractivity (Wildman–Crippen MR) is 48.0 cm³/mol. The molecule has 0 saturated heterocycles. The maximum atomic E-state index is 9.55. The minimum atomic E-state index is -0.787. The lowest BCUT2D eigenvalue weighted by molar-refractivity contribution is -0.136. The van der Waals surface area contributed by atoms with Crippen LogP contribution in [0.25, 0.3) is 0 Å². The van der Waals surface area contributed by atoms with Gasteiger partial charge in [0.2, 0.25) is 0 Å². The van der Waals surface area contributed by atoms with E-state index in [-0.39, 0.29) is 6.42 Å². The molecule has 0 aliphatic carbocycles. The quantitative estimate of drug-likeness (QED) is 0.419. The Labute approximate surface area is 72.2 Å². The summed E-state index contributed by atoms with van der Waals surface area (Å²) in [5.74, 6) is -0.361. The fourth-order valence-electron chi connectivity index (χ4n) is 0.0956. The van der Waals surface area contributed by atoms with Crippen molar-refractivity contribution in [1.29, 1.82) is 0 Å². The molecule has 0 spiro atoms. The molecule has 0 fully saturated rings. The van der Waals surface area contributed by atoms with E-state index in [1.807, 2.05) is 0 Å². The topological polar surface area (TPSA) is 80.4 Å². The molecule has 5 heteroatoms. The molecule has 4 nitrogen and oxygen atoms in total. The fraction of sp³-hybridized carbons (Fsp3) is 0.667. The first-order valence-electron chi connectivity index (χ1n) is 2.99. The van der Waals surface area contributed by atoms with Gasteiger partial charge in [0.15, 0.2) is 0 Å². The lowest BCUT2D eigenvalue weighted by Gasteiger charge is -1.79. The molecule has 0 rings (SSSR count). The van der Waals surface area contributed by atoms with Gasteiger partial charge in [-0.2, -0.15) is 12.6 Å². The Morgan fingerprint density at radius 1 is 1.64 bits per heavy atom. The average Bonchev–Trinajstić information content (AvgIpc) is 1.93. The molecule has 0 aromatic carbocycles. The summed E-state index contributed by atoms with van der Waals surface area (Å²) in [5.41, 5.74) is 4.50. The summed E-state index contributed by atoms with van der Waals surface area (Å²) in [6.45, 7) is 1.44. The van der Waals surface area contributed by atoms with Crippen LogP contribution in [-0.4, -0.2) is 30.2 Å². The first kappa shape index (κ1) is 16.8. The highest BCUT2D eigenvalue weighted by molar-refractivity contribution is 7.80. The molecule has 0 bridgehead atoms. The van der Waals surface area contributed by atoms with Gasteiger partial charge >= 0.3 is 5.97 Å². The summed E-state index contributed by atoms with van der Waals surface area (Å²) in [6, 6.07) is 0. The molecule has 0 amide bonds. The van der Waals surface area contributed by atoms with Crippen LogP contribution < -0.4 is 5.73 Å². The molecule has 0 unspecified atom stereocenters. The Morgan fingerprint density at radius 3 is 1.91 bits per heavy atom. The van der Waals surface area contributed by atoms with Crippen LogP contribution in [0.5, 0.6) is 0 Å². The molecule has 68 valence electrons. The standard InChI is InChI=1S/C3H6O2S.C2H4O.CH5N/c4-3(5)1-2-6;1-2-3;1-2/h6H,1-2H2,(H,4,5);2H,1H3;2H2,1H3. The highest BCUT2D eigenvalue weighted by Crippen LogP contribution is 1.79. The van der Waals surface area contributed by atoms with Crippen LogP contribution in [0.1, 0.15) is 13.3 Å². The molecule has 0 saturated carbocycles. The number of carbonyl (C=O) groups is 2. The van der Waals surface area contributed by atoms with Crippen LogP contribution in [0.15, 0.2) is 0 Å². The summed E-state index contributed by atoms with van der Waals surface area (Å²) in [6.07, 6.45) is 0.906. The Bertz CT molecular complexity index is 87.9. The summed E-state index contributed by atoms with van der Waals surface area (Å²) in [5, 5.41) is 7.86. The minimum absolute atomic E-state index is 0.156. The van der Waals surface area contributed by atoms with Gasteiger partial charge < -0.3 is 15.6 Å². The number of nitrogens with two attached hydrogens (primary N) is 1. The zero-order valence-electron chi connectivity index (χ0n) is 6.78. The second kappa shape index (κ2) is 22.7. The van der Waals surface area contributed by atoms with Gasteiger partial charge in [-0.05, 0) is 14.0 Å². The SMILES string of the molecule is CC=O.CN.O=C(O)CCS. The van der Waals surface area contributed by atoms with Crippen molar-refractivity contribution in [1.82, 2.24) is 0 Å². The molecule has 0 aromatic heterocycles. The van der Waals surface area contributed by atoms with Gasteiger partial charge in [-0.3, -0.25) is 4.79 Å². The fourth-order valence-corrected chi connectivity index (χ4v) is 0.287. The normalized spacial score (nSPS) is 6.18. The van der Waals surface area contributed by atoms with E-state index in [0.717, 1.165) is 6.29 Å². The number of aldehydes is 1. The van der Waals surface area contributed by atoms with Gasteiger partial charge in [-0.15, -0.1) is 0 Å². The lowest BCUT2D eigenvalue weighted by Crippen LogP contribution is -1.93. The number of hydrogen-bond donors (Lipinski definition) is 3. The van der Waals surface area contributed by atoms with Crippen LogP contribution >= 0.6 is 12.6 Å². The summed E-state index contributed by atoms with van der Waals surface area (Å²) < 4.78 is 0. The molecule has 0 atom stereocenters. The summed E-state index contributed by atoms with van der Waals surface area (Å²) >= 11 is 3.68. The molecular formula is C6H15NO3S. The zero-order chi connectivity index (χ0) is 9.70. The van der Waals surface area contributed by atoms with Gasteiger partial charge in [-0.1, -0.05) is 0 Å². The molecular weight excluding hydrogens is 166 g/mol. The van der Waals surface area contributed by atoms with Crippen LogP contribution in [-0.2, 0) is 9.59 Å². The van der Waals surface area contributed by atoms with Crippen molar-refractivity contribution in [2.24, 2.45) is 5.73 Å². The Morgan fingerprint density at radius 2 is 1.91 bits per heavy atom. The number of carboxylic acids is 1. The van der Waals surface area contributed by atoms with Crippen LogP contribution in [0, 0.1) is 0 Å². The van der Waals surface area contributed by atoms with Crippen molar-refractivity contribution in [2.45, 2.75) is 13.3 Å². The first-order valence-corrected chi connectivity index (χ1v) is 3.62. The largest absolute Gasteiger partial charge is 0.481 e. The van der Waals surface area contributed by atoms with E-state index in [9.17, 15) is 4.79 Å². The Hall–Kier alpha value is -0.550. The number of rotatable bonds is 2. The first-order chi connectivity index (χ1) is 5.18. The van der Waals surface area contributed by atoms with E-state index in [4.69, 9.17) is 9.90 Å². The molecule has 3 N–H and O–H groups in total. The maximum Gasteiger partial charge on any atom is 0.304 e. The smallest absolute Gasteiger partial charge is 0.304 e.